The minimum Gasteiger partial charge on any atom is -0.358 e. The van der Waals surface area contributed by atoms with Crippen molar-refractivity contribution >= 4 is 0 Å². The molecule has 3 saturated heterocycles. The highest BCUT2D eigenvalue weighted by Crippen LogP contribution is 2.39. The molecule has 0 aromatic heterocycles. The van der Waals surface area contributed by atoms with E-state index in [-0.39, 0.29) is 5.60 Å². The first-order valence-electron chi connectivity index (χ1n) is 8.58. The summed E-state index contributed by atoms with van der Waals surface area (Å²) in [4.78, 5) is 7.61. The van der Waals surface area contributed by atoms with Crippen LogP contribution in [0.5, 0.6) is 0 Å². The smallest absolute Gasteiger partial charge is 0.100 e. The van der Waals surface area contributed by atoms with Gasteiger partial charge in [0.05, 0.1) is 11.6 Å². The van der Waals surface area contributed by atoms with Crippen molar-refractivity contribution in [3.05, 3.63) is 35.9 Å². The quantitative estimate of drug-likeness (QED) is 0.826. The second-order valence-electron chi connectivity index (χ2n) is 7.19. The molecule has 4 rings (SSSR count). The Bertz CT molecular complexity index is 498. The Kier molecular flexibility index (Phi) is 3.95. The van der Waals surface area contributed by atoms with Crippen LogP contribution in [0.15, 0.2) is 30.3 Å². The van der Waals surface area contributed by atoms with E-state index in [2.05, 4.69) is 52.1 Å². The van der Waals surface area contributed by atoms with E-state index in [1.54, 1.807) is 0 Å². The normalized spacial score (nSPS) is 29.8. The lowest BCUT2D eigenvalue weighted by Gasteiger charge is -2.45. The van der Waals surface area contributed by atoms with Crippen molar-refractivity contribution in [2.45, 2.75) is 31.0 Å². The van der Waals surface area contributed by atoms with E-state index in [1.807, 2.05) is 0 Å². The summed E-state index contributed by atoms with van der Waals surface area (Å²) in [6, 6.07) is 11.4. The number of hydrogen-bond acceptors (Lipinski definition) is 4. The van der Waals surface area contributed by atoms with E-state index in [0.29, 0.717) is 6.04 Å². The van der Waals surface area contributed by atoms with E-state index in [9.17, 15) is 0 Å². The third-order valence-corrected chi connectivity index (χ3v) is 5.77. The molecule has 0 radical (unpaired) electrons. The maximum absolute atomic E-state index is 6.35. The van der Waals surface area contributed by atoms with Crippen molar-refractivity contribution in [2.24, 2.45) is 0 Å². The third-order valence-electron chi connectivity index (χ3n) is 5.77. The van der Waals surface area contributed by atoms with Gasteiger partial charge in [-0.2, -0.15) is 0 Å². The van der Waals surface area contributed by atoms with Crippen molar-refractivity contribution in [1.82, 2.24) is 14.7 Å². The molecule has 3 aliphatic heterocycles. The largest absolute Gasteiger partial charge is 0.358 e. The van der Waals surface area contributed by atoms with Gasteiger partial charge in [-0.1, -0.05) is 30.3 Å². The van der Waals surface area contributed by atoms with Crippen LogP contribution in [0.25, 0.3) is 0 Å². The zero-order chi connectivity index (χ0) is 15.0. The van der Waals surface area contributed by atoms with Crippen LogP contribution in [0.1, 0.15) is 18.4 Å². The fourth-order valence-corrected chi connectivity index (χ4v) is 4.33. The summed E-state index contributed by atoms with van der Waals surface area (Å²) >= 11 is 0. The Morgan fingerprint density at radius 2 is 1.86 bits per heavy atom. The molecular weight excluding hydrogens is 274 g/mol. The number of piperazine rings is 1. The molecule has 1 atom stereocenters. The first-order chi connectivity index (χ1) is 10.8. The van der Waals surface area contributed by atoms with Gasteiger partial charge in [-0.05, 0) is 25.5 Å². The first-order valence-corrected chi connectivity index (χ1v) is 8.58. The molecule has 4 heteroatoms. The van der Waals surface area contributed by atoms with E-state index in [0.717, 1.165) is 32.9 Å². The minimum atomic E-state index is 0.113. The molecule has 0 bridgehead atoms. The number of fused-ring (bicyclic) bond motifs is 2. The molecule has 1 spiro atoms. The summed E-state index contributed by atoms with van der Waals surface area (Å²) in [5, 5.41) is 0. The molecule has 3 heterocycles. The van der Waals surface area contributed by atoms with Crippen molar-refractivity contribution in [3.63, 3.8) is 0 Å². The fraction of sp³-hybridized carbons (Fsp3) is 0.667. The molecule has 0 N–H and O–H groups in total. The molecule has 0 aliphatic carbocycles. The van der Waals surface area contributed by atoms with Crippen molar-refractivity contribution in [1.29, 1.82) is 0 Å². The standard InChI is InChI=1S/C18H27N3O/c1-19-11-12-21-15-22-18(17(21)14-19)7-9-20(10-8-18)13-16-5-3-2-4-6-16/h2-6,17H,7-15H2,1H3. The lowest BCUT2D eigenvalue weighted by atomic mass is 9.83. The number of likely N-dealkylation sites (N-methyl/N-ethyl adjacent to an activating group) is 1. The molecule has 120 valence electrons. The lowest BCUT2D eigenvalue weighted by molar-refractivity contribution is -0.0560. The van der Waals surface area contributed by atoms with Gasteiger partial charge in [0.2, 0.25) is 0 Å². The van der Waals surface area contributed by atoms with Crippen molar-refractivity contribution in [2.75, 3.05) is 46.5 Å². The van der Waals surface area contributed by atoms with Gasteiger partial charge in [0.15, 0.2) is 0 Å². The average molecular weight is 301 g/mol. The monoisotopic (exact) mass is 301 g/mol. The molecule has 1 aromatic carbocycles. The van der Waals surface area contributed by atoms with Gasteiger partial charge < -0.3 is 9.64 Å². The number of hydrogen-bond donors (Lipinski definition) is 0. The second kappa shape index (κ2) is 5.93. The molecule has 1 aromatic rings. The van der Waals surface area contributed by atoms with Crippen LogP contribution in [0.3, 0.4) is 0 Å². The summed E-state index contributed by atoms with van der Waals surface area (Å²) in [7, 11) is 2.24. The Morgan fingerprint density at radius 3 is 2.64 bits per heavy atom. The summed E-state index contributed by atoms with van der Waals surface area (Å²) < 4.78 is 6.35. The Balaban J connectivity index is 1.39. The van der Waals surface area contributed by atoms with E-state index >= 15 is 0 Å². The van der Waals surface area contributed by atoms with Crippen LogP contribution in [0.4, 0.5) is 0 Å². The molecule has 3 aliphatic rings. The SMILES string of the molecule is CN1CCN2COC3(CCN(Cc4ccccc4)CC3)C2C1. The molecule has 22 heavy (non-hydrogen) atoms. The van der Waals surface area contributed by atoms with Crippen LogP contribution < -0.4 is 0 Å². The fourth-order valence-electron chi connectivity index (χ4n) is 4.33. The maximum atomic E-state index is 6.35. The molecule has 4 nitrogen and oxygen atoms in total. The highest BCUT2D eigenvalue weighted by molar-refractivity contribution is 5.15. The summed E-state index contributed by atoms with van der Waals surface area (Å²) in [5.74, 6) is 0. The van der Waals surface area contributed by atoms with Crippen molar-refractivity contribution in [3.8, 4) is 0 Å². The van der Waals surface area contributed by atoms with E-state index in [4.69, 9.17) is 4.74 Å². The van der Waals surface area contributed by atoms with E-state index in [1.165, 1.54) is 31.5 Å². The number of benzene rings is 1. The van der Waals surface area contributed by atoms with Gasteiger partial charge in [-0.15, -0.1) is 0 Å². The predicted molar refractivity (Wildman–Crippen MR) is 87.6 cm³/mol. The molecule has 0 saturated carbocycles. The summed E-state index contributed by atoms with van der Waals surface area (Å²) in [5.41, 5.74) is 1.53. The van der Waals surface area contributed by atoms with Crippen molar-refractivity contribution < 1.29 is 4.74 Å². The number of piperidine rings is 1. The van der Waals surface area contributed by atoms with Crippen LogP contribution in [0.2, 0.25) is 0 Å². The van der Waals surface area contributed by atoms with Crippen LogP contribution >= 0.6 is 0 Å². The topological polar surface area (TPSA) is 19.0 Å². The van der Waals surface area contributed by atoms with Gasteiger partial charge in [0, 0.05) is 39.3 Å². The van der Waals surface area contributed by atoms with Gasteiger partial charge >= 0.3 is 0 Å². The zero-order valence-electron chi connectivity index (χ0n) is 13.6. The maximum Gasteiger partial charge on any atom is 0.100 e. The highest BCUT2D eigenvalue weighted by Gasteiger charge is 2.51. The highest BCUT2D eigenvalue weighted by atomic mass is 16.5. The van der Waals surface area contributed by atoms with Gasteiger partial charge in [-0.25, -0.2) is 0 Å². The Labute approximate surface area is 133 Å². The predicted octanol–water partition coefficient (Wildman–Crippen LogP) is 1.62. The second-order valence-corrected chi connectivity index (χ2v) is 7.19. The van der Waals surface area contributed by atoms with Gasteiger partial charge in [0.25, 0.3) is 0 Å². The van der Waals surface area contributed by atoms with Gasteiger partial charge in [0.1, 0.15) is 6.73 Å². The first kappa shape index (κ1) is 14.6. The number of likely N-dealkylation sites (tertiary alicyclic amines) is 1. The average Bonchev–Trinajstić information content (AvgIpc) is 2.89. The molecule has 0 amide bonds. The zero-order valence-corrected chi connectivity index (χ0v) is 13.6. The Morgan fingerprint density at radius 1 is 1.09 bits per heavy atom. The van der Waals surface area contributed by atoms with Crippen LogP contribution in [0, 0.1) is 0 Å². The number of rotatable bonds is 2. The minimum absolute atomic E-state index is 0.113. The summed E-state index contributed by atoms with van der Waals surface area (Å²) in [6.07, 6.45) is 2.35. The number of nitrogens with zero attached hydrogens (tertiary/aromatic N) is 3. The Hall–Kier alpha value is -0.940. The molecular formula is C18H27N3O. The van der Waals surface area contributed by atoms with Crippen LogP contribution in [-0.4, -0.2) is 72.8 Å². The lowest BCUT2D eigenvalue weighted by Crippen LogP contribution is -2.59. The van der Waals surface area contributed by atoms with E-state index < -0.39 is 0 Å². The number of ether oxygens (including phenoxy) is 1. The van der Waals surface area contributed by atoms with Crippen LogP contribution in [-0.2, 0) is 11.3 Å². The molecule has 3 fully saturated rings. The van der Waals surface area contributed by atoms with Gasteiger partial charge in [-0.3, -0.25) is 9.80 Å². The summed E-state index contributed by atoms with van der Waals surface area (Å²) in [6.45, 7) is 7.74. The molecule has 1 unspecified atom stereocenters. The third kappa shape index (κ3) is 2.69.